The molecule has 0 aliphatic heterocycles. The van der Waals surface area contributed by atoms with Crippen LogP contribution in [-0.2, 0) is 5.41 Å². The molecule has 1 aliphatic carbocycles. The predicted octanol–water partition coefficient (Wildman–Crippen LogP) is 15.1. The number of nitrogens with zero attached hydrogens (tertiary/aromatic N) is 3. The number of benzene rings is 10. The first-order valence-electron chi connectivity index (χ1n) is 22.5. The summed E-state index contributed by atoms with van der Waals surface area (Å²) in [5.41, 5.74) is 23.8. The highest BCUT2D eigenvalue weighted by molar-refractivity contribution is 6.10. The second-order valence-electron chi connectivity index (χ2n) is 17.5. The number of nitro benzene ring substituents is 1. The Labute approximate surface area is 386 Å². The molecule has 0 saturated carbocycles. The summed E-state index contributed by atoms with van der Waals surface area (Å²) < 4.78 is 4.67. The van der Waals surface area contributed by atoms with Crippen molar-refractivity contribution in [1.29, 1.82) is 0 Å². The van der Waals surface area contributed by atoms with Crippen LogP contribution >= 0.6 is 0 Å². The Kier molecular flexibility index (Phi) is 8.48. The van der Waals surface area contributed by atoms with Crippen LogP contribution in [0, 0.1) is 10.1 Å². The van der Waals surface area contributed by atoms with Gasteiger partial charge in [0, 0.05) is 50.7 Å². The molecule has 0 radical (unpaired) electrons. The number of aromatic nitrogens is 2. The van der Waals surface area contributed by atoms with Gasteiger partial charge in [-0.25, -0.2) is 0 Å². The van der Waals surface area contributed by atoms with Gasteiger partial charge in [-0.2, -0.15) is 0 Å². The molecule has 0 unspecified atom stereocenters. The van der Waals surface area contributed by atoms with E-state index in [9.17, 15) is 10.1 Å². The lowest BCUT2D eigenvalue weighted by atomic mass is 9.67. The average Bonchev–Trinajstić information content (AvgIpc) is 4.01. The van der Waals surface area contributed by atoms with Crippen molar-refractivity contribution in [1.82, 2.24) is 9.13 Å². The summed E-state index contributed by atoms with van der Waals surface area (Å²) in [4.78, 5) is 11.7. The van der Waals surface area contributed by atoms with Crippen LogP contribution in [0.25, 0.3) is 88.4 Å². The van der Waals surface area contributed by atoms with Gasteiger partial charge < -0.3 is 14.9 Å². The first-order chi connectivity index (χ1) is 33.0. The molecule has 0 bridgehead atoms. The van der Waals surface area contributed by atoms with Crippen molar-refractivity contribution >= 4 is 55.0 Å². The monoisotopic (exact) mass is 860 g/mol. The fourth-order valence-corrected chi connectivity index (χ4v) is 11.0. The van der Waals surface area contributed by atoms with Crippen LogP contribution in [0.3, 0.4) is 0 Å². The number of nitro groups is 1. The number of fused-ring (bicyclic) bond motifs is 9. The number of hydrogen-bond donors (Lipinski definition) is 1. The maximum atomic E-state index is 12.1. The molecule has 6 nitrogen and oxygen atoms in total. The molecule has 2 aromatic heterocycles. The van der Waals surface area contributed by atoms with E-state index in [1.54, 1.807) is 12.1 Å². The van der Waals surface area contributed by atoms with Gasteiger partial charge in [-0.05, 0) is 128 Å². The second-order valence-corrected chi connectivity index (χ2v) is 17.5. The van der Waals surface area contributed by atoms with E-state index in [1.807, 2.05) is 24.3 Å². The SMILES string of the molecule is Nc1ccc(C2(c3ccc([N+](=O)[O-])cc3)c3cc(-c4ccc(-n5c6ccccc6c6ccccc65)cc4)ccc3-c3ccc(-c4ccc(-n5c6ccccc6c6ccccc65)cc4)cc32)cc1. The Morgan fingerprint density at radius 2 is 0.731 bits per heavy atom. The van der Waals surface area contributed by atoms with Gasteiger partial charge in [-0.1, -0.05) is 146 Å². The summed E-state index contributed by atoms with van der Waals surface area (Å²) in [7, 11) is 0. The van der Waals surface area contributed by atoms with Crippen molar-refractivity contribution < 1.29 is 4.92 Å². The first kappa shape index (κ1) is 38.5. The zero-order chi connectivity index (χ0) is 44.8. The van der Waals surface area contributed by atoms with E-state index in [0.29, 0.717) is 5.69 Å². The van der Waals surface area contributed by atoms with Crippen LogP contribution in [0.4, 0.5) is 11.4 Å². The molecule has 1 aliphatic rings. The molecule has 10 aromatic carbocycles. The van der Waals surface area contributed by atoms with Gasteiger partial charge in [-0.15, -0.1) is 0 Å². The molecule has 0 spiro atoms. The molecule has 2 N–H and O–H groups in total. The van der Waals surface area contributed by atoms with Crippen LogP contribution in [0.5, 0.6) is 0 Å². The smallest absolute Gasteiger partial charge is 0.269 e. The highest BCUT2D eigenvalue weighted by atomic mass is 16.6. The summed E-state index contributed by atoms with van der Waals surface area (Å²) in [6, 6.07) is 80.7. The maximum absolute atomic E-state index is 12.1. The molecule has 0 amide bonds. The van der Waals surface area contributed by atoms with Crippen molar-refractivity contribution in [3.63, 3.8) is 0 Å². The third-order valence-electron chi connectivity index (χ3n) is 14.1. The maximum Gasteiger partial charge on any atom is 0.269 e. The molecule has 0 atom stereocenters. The fourth-order valence-electron chi connectivity index (χ4n) is 11.0. The van der Waals surface area contributed by atoms with Gasteiger partial charge in [-0.3, -0.25) is 10.1 Å². The minimum Gasteiger partial charge on any atom is -0.399 e. The lowest BCUT2D eigenvalue weighted by Crippen LogP contribution is -2.28. The molecular formula is C61H40N4O2. The fraction of sp³-hybridized carbons (Fsp3) is 0.0164. The number of para-hydroxylation sites is 4. The van der Waals surface area contributed by atoms with Crippen molar-refractivity contribution in [2.45, 2.75) is 5.41 Å². The lowest BCUT2D eigenvalue weighted by Gasteiger charge is -2.34. The van der Waals surface area contributed by atoms with E-state index in [2.05, 4.69) is 203 Å². The van der Waals surface area contributed by atoms with Gasteiger partial charge in [0.25, 0.3) is 5.69 Å². The Morgan fingerprint density at radius 3 is 1.10 bits per heavy atom. The zero-order valence-electron chi connectivity index (χ0n) is 36.2. The highest BCUT2D eigenvalue weighted by Gasteiger charge is 2.46. The quantitative estimate of drug-likeness (QED) is 0.0985. The lowest BCUT2D eigenvalue weighted by molar-refractivity contribution is -0.384. The molecule has 67 heavy (non-hydrogen) atoms. The van der Waals surface area contributed by atoms with Gasteiger partial charge in [0.2, 0.25) is 0 Å². The van der Waals surface area contributed by atoms with Gasteiger partial charge in [0.05, 0.1) is 32.4 Å². The molecule has 0 fully saturated rings. The Balaban J connectivity index is 0.972. The van der Waals surface area contributed by atoms with E-state index in [1.165, 1.54) is 43.6 Å². The molecule has 0 saturated heterocycles. The Morgan fingerprint density at radius 1 is 0.388 bits per heavy atom. The van der Waals surface area contributed by atoms with Crippen molar-refractivity contribution in [2.75, 3.05) is 5.73 Å². The summed E-state index contributed by atoms with van der Waals surface area (Å²) in [6.07, 6.45) is 0. The number of rotatable bonds is 7. The van der Waals surface area contributed by atoms with E-state index in [0.717, 1.165) is 67.0 Å². The molecule has 316 valence electrons. The number of nitrogen functional groups attached to an aromatic ring is 1. The largest absolute Gasteiger partial charge is 0.399 e. The topological polar surface area (TPSA) is 79.0 Å². The van der Waals surface area contributed by atoms with Gasteiger partial charge >= 0.3 is 0 Å². The number of anilines is 1. The van der Waals surface area contributed by atoms with E-state index >= 15 is 0 Å². The standard InChI is InChI=1S/C61H40N4O2/c62-45-27-23-43(24-28-45)61(44-25-33-48(34-26-44)65(66)67)55-37-41(39-17-29-46(30-18-39)63-57-13-5-1-9-51(57)52-10-2-6-14-58(52)63)21-35-49(55)50-36-22-42(38-56(50)61)40-19-31-47(32-20-40)64-59-15-7-3-11-53(59)54-12-4-8-16-60(54)64/h1-38H,62H2. The minimum absolute atomic E-state index is 0.0452. The predicted molar refractivity (Wildman–Crippen MR) is 274 cm³/mol. The highest BCUT2D eigenvalue weighted by Crippen LogP contribution is 2.58. The third-order valence-corrected chi connectivity index (χ3v) is 14.1. The second kappa shape index (κ2) is 14.8. The summed E-state index contributed by atoms with van der Waals surface area (Å²) in [5, 5.41) is 17.0. The summed E-state index contributed by atoms with van der Waals surface area (Å²) >= 11 is 0. The first-order valence-corrected chi connectivity index (χ1v) is 22.5. The number of nitrogens with two attached hydrogens (primary N) is 1. The molecule has 2 heterocycles. The molecule has 12 aromatic rings. The van der Waals surface area contributed by atoms with Crippen LogP contribution in [0.15, 0.2) is 231 Å². The van der Waals surface area contributed by atoms with Gasteiger partial charge in [0.1, 0.15) is 0 Å². The summed E-state index contributed by atoms with van der Waals surface area (Å²) in [5.74, 6) is 0. The zero-order valence-corrected chi connectivity index (χ0v) is 36.2. The van der Waals surface area contributed by atoms with Gasteiger partial charge in [0.15, 0.2) is 0 Å². The molecular weight excluding hydrogens is 821 g/mol. The summed E-state index contributed by atoms with van der Waals surface area (Å²) in [6.45, 7) is 0. The van der Waals surface area contributed by atoms with E-state index in [-0.39, 0.29) is 10.6 Å². The van der Waals surface area contributed by atoms with Crippen molar-refractivity contribution in [3.05, 3.63) is 263 Å². The van der Waals surface area contributed by atoms with Crippen LogP contribution < -0.4 is 5.73 Å². The van der Waals surface area contributed by atoms with Crippen LogP contribution in [0.2, 0.25) is 0 Å². The van der Waals surface area contributed by atoms with Crippen molar-refractivity contribution in [3.8, 4) is 44.8 Å². The normalized spacial score (nSPS) is 12.8. The molecule has 6 heteroatoms. The van der Waals surface area contributed by atoms with Crippen molar-refractivity contribution in [2.24, 2.45) is 0 Å². The number of hydrogen-bond acceptors (Lipinski definition) is 3. The van der Waals surface area contributed by atoms with Crippen LogP contribution in [0.1, 0.15) is 22.3 Å². The Hall–Kier alpha value is -9.00. The third kappa shape index (κ3) is 5.76. The average molecular weight is 861 g/mol. The number of non-ortho nitro benzene ring substituents is 1. The van der Waals surface area contributed by atoms with Crippen LogP contribution in [-0.4, -0.2) is 14.1 Å². The molecule has 13 rings (SSSR count). The van der Waals surface area contributed by atoms with E-state index < -0.39 is 5.41 Å². The minimum atomic E-state index is -0.842. The Bertz CT molecular complexity index is 3620. The van der Waals surface area contributed by atoms with E-state index in [4.69, 9.17) is 5.73 Å².